The van der Waals surface area contributed by atoms with Gasteiger partial charge in [0.2, 0.25) is 0 Å². The third-order valence-corrected chi connectivity index (χ3v) is 2.37. The van der Waals surface area contributed by atoms with Crippen LogP contribution in [0.1, 0.15) is 23.0 Å². The predicted octanol–water partition coefficient (Wildman–Crippen LogP) is 1.67. The molecule has 0 fully saturated rings. The molecule has 0 amide bonds. The number of rotatable bonds is 2. The largest absolute Gasteiger partial charge is 0.508 e. The average molecular weight is 273 g/mol. The lowest BCUT2D eigenvalue weighted by Gasteiger charge is -2.02. The fourth-order valence-electron chi connectivity index (χ4n) is 1.34. The monoisotopic (exact) mass is 273 g/mol. The molecule has 4 N–H and O–H groups in total. The van der Waals surface area contributed by atoms with E-state index in [1.54, 1.807) is 37.4 Å². The van der Waals surface area contributed by atoms with Gasteiger partial charge in [0.05, 0.1) is 5.71 Å². The van der Waals surface area contributed by atoms with Crippen molar-refractivity contribution in [2.45, 2.75) is 6.92 Å². The number of phenols is 2. The zero-order chi connectivity index (χ0) is 15.0. The molecule has 104 valence electrons. The summed E-state index contributed by atoms with van der Waals surface area (Å²) in [6.07, 6.45) is 2.31. The molecule has 1 heterocycles. The summed E-state index contributed by atoms with van der Waals surface area (Å²) in [4.78, 5) is 13.7. The Kier molecular flexibility index (Phi) is 5.71. The predicted molar refractivity (Wildman–Crippen MR) is 75.8 cm³/mol. The molecule has 6 heteroatoms. The fraction of sp³-hybridized carbons (Fsp3) is 0.0714. The van der Waals surface area contributed by atoms with Gasteiger partial charge in [-0.3, -0.25) is 9.78 Å². The normalized spacial score (nSPS) is 10.3. The first-order chi connectivity index (χ1) is 9.58. The number of hydrogen-bond donors (Lipinski definition) is 3. The van der Waals surface area contributed by atoms with Crippen LogP contribution in [0.15, 0.2) is 47.7 Å². The van der Waals surface area contributed by atoms with Gasteiger partial charge in [-0.1, -0.05) is 6.07 Å². The lowest BCUT2D eigenvalue weighted by molar-refractivity contribution is 0.111. The highest BCUT2D eigenvalue weighted by molar-refractivity contribution is 6.00. The molecule has 2 rings (SSSR count). The molecule has 0 aliphatic rings. The highest BCUT2D eigenvalue weighted by atomic mass is 16.3. The summed E-state index contributed by atoms with van der Waals surface area (Å²) in [5, 5.41) is 21.7. The van der Waals surface area contributed by atoms with Crippen molar-refractivity contribution in [3.8, 4) is 11.5 Å². The van der Waals surface area contributed by atoms with Crippen LogP contribution in [0.3, 0.4) is 0 Å². The number of aldehydes is 1. The topological polar surface area (TPSA) is 109 Å². The Bertz CT molecular complexity index is 598. The molecule has 0 radical (unpaired) electrons. The number of pyridine rings is 1. The van der Waals surface area contributed by atoms with Crippen molar-refractivity contribution in [3.05, 3.63) is 53.9 Å². The number of carbonyl (C=O) groups is 1. The number of hydrazone groups is 1. The quantitative estimate of drug-likeness (QED) is 0.334. The molecule has 0 spiro atoms. The zero-order valence-corrected chi connectivity index (χ0v) is 10.9. The first-order valence-electron chi connectivity index (χ1n) is 5.71. The van der Waals surface area contributed by atoms with Crippen molar-refractivity contribution >= 4 is 12.0 Å². The van der Waals surface area contributed by atoms with E-state index in [-0.39, 0.29) is 11.5 Å². The number of carbonyl (C=O) groups excluding carboxylic acids is 1. The maximum atomic E-state index is 9.94. The first-order valence-corrected chi connectivity index (χ1v) is 5.71. The molecule has 0 aliphatic carbocycles. The summed E-state index contributed by atoms with van der Waals surface area (Å²) in [7, 11) is 0. The Morgan fingerprint density at radius 2 is 2.05 bits per heavy atom. The number of nitrogens with zero attached hydrogens (tertiary/aromatic N) is 2. The van der Waals surface area contributed by atoms with Gasteiger partial charge in [0.25, 0.3) is 0 Å². The van der Waals surface area contributed by atoms with Gasteiger partial charge in [0, 0.05) is 17.8 Å². The minimum Gasteiger partial charge on any atom is -0.508 e. The summed E-state index contributed by atoms with van der Waals surface area (Å²) in [5.41, 5.74) is 1.52. The molecule has 0 bridgehead atoms. The molecule has 0 atom stereocenters. The molecule has 0 saturated carbocycles. The Labute approximate surface area is 116 Å². The molecule has 1 aromatic heterocycles. The van der Waals surface area contributed by atoms with E-state index in [9.17, 15) is 9.90 Å². The van der Waals surface area contributed by atoms with Crippen LogP contribution in [-0.4, -0.2) is 27.2 Å². The summed E-state index contributed by atoms with van der Waals surface area (Å²) in [6, 6.07) is 9.46. The van der Waals surface area contributed by atoms with Gasteiger partial charge in [-0.2, -0.15) is 5.10 Å². The van der Waals surface area contributed by atoms with Crippen LogP contribution < -0.4 is 5.84 Å². The number of aromatic hydroxyl groups is 2. The maximum Gasteiger partial charge on any atom is 0.168 e. The van der Waals surface area contributed by atoms with Crippen LogP contribution >= 0.6 is 0 Å². The number of benzene rings is 1. The van der Waals surface area contributed by atoms with E-state index in [1.165, 1.54) is 12.1 Å². The number of phenolic OH excluding ortho intramolecular Hbond substituents is 2. The van der Waals surface area contributed by atoms with Crippen LogP contribution in [0.5, 0.6) is 11.5 Å². The van der Waals surface area contributed by atoms with Gasteiger partial charge in [-0.05, 0) is 31.2 Å². The maximum absolute atomic E-state index is 9.94. The van der Waals surface area contributed by atoms with E-state index in [0.29, 0.717) is 17.0 Å². The SMILES string of the molecule is C/C(=N\N)c1ccc(O)cc1O.O=Cc1ccccn1. The minimum absolute atomic E-state index is 0.0149. The molecule has 0 saturated heterocycles. The number of nitrogens with two attached hydrogens (primary N) is 1. The van der Waals surface area contributed by atoms with E-state index in [4.69, 9.17) is 10.9 Å². The van der Waals surface area contributed by atoms with Gasteiger partial charge in [0.15, 0.2) is 6.29 Å². The minimum atomic E-state index is -0.0262. The van der Waals surface area contributed by atoms with Crippen molar-refractivity contribution in [2.75, 3.05) is 0 Å². The molecule has 2 aromatic rings. The molecule has 0 aliphatic heterocycles. The van der Waals surface area contributed by atoms with Gasteiger partial charge in [-0.25, -0.2) is 0 Å². The summed E-state index contributed by atoms with van der Waals surface area (Å²) < 4.78 is 0. The van der Waals surface area contributed by atoms with Crippen LogP contribution in [0, 0.1) is 0 Å². The fourth-order valence-corrected chi connectivity index (χ4v) is 1.34. The Morgan fingerprint density at radius 1 is 1.30 bits per heavy atom. The van der Waals surface area contributed by atoms with Gasteiger partial charge in [0.1, 0.15) is 17.2 Å². The molecule has 6 nitrogen and oxygen atoms in total. The van der Waals surface area contributed by atoms with E-state index >= 15 is 0 Å². The second-order valence-corrected chi connectivity index (χ2v) is 3.79. The van der Waals surface area contributed by atoms with Crippen LogP contribution in [0.2, 0.25) is 0 Å². The van der Waals surface area contributed by atoms with Crippen molar-refractivity contribution in [2.24, 2.45) is 10.9 Å². The van der Waals surface area contributed by atoms with Crippen molar-refractivity contribution in [1.82, 2.24) is 4.98 Å². The molecular formula is C14H15N3O3. The summed E-state index contributed by atoms with van der Waals surface area (Å²) >= 11 is 0. The summed E-state index contributed by atoms with van der Waals surface area (Å²) in [6.45, 7) is 1.67. The third kappa shape index (κ3) is 4.41. The lowest BCUT2D eigenvalue weighted by Crippen LogP contribution is -1.98. The average Bonchev–Trinajstić information content (AvgIpc) is 2.48. The standard InChI is InChI=1S/C8H10N2O2.C6H5NO/c1-5(10-9)7-3-2-6(11)4-8(7)12;8-5-6-3-1-2-4-7-6/h2-4,11-12H,9H2,1H3;1-5H/b10-5+;. The number of hydrogen-bond acceptors (Lipinski definition) is 6. The van der Waals surface area contributed by atoms with Crippen molar-refractivity contribution in [3.63, 3.8) is 0 Å². The molecular weight excluding hydrogens is 258 g/mol. The van der Waals surface area contributed by atoms with Crippen LogP contribution in [0.4, 0.5) is 0 Å². The van der Waals surface area contributed by atoms with Gasteiger partial charge in [-0.15, -0.1) is 0 Å². The van der Waals surface area contributed by atoms with Crippen LogP contribution in [0.25, 0.3) is 0 Å². The summed E-state index contributed by atoms with van der Waals surface area (Å²) in [5.74, 6) is 5.01. The van der Waals surface area contributed by atoms with E-state index in [2.05, 4.69) is 10.1 Å². The smallest absolute Gasteiger partial charge is 0.168 e. The van der Waals surface area contributed by atoms with Gasteiger partial charge >= 0.3 is 0 Å². The van der Waals surface area contributed by atoms with Gasteiger partial charge < -0.3 is 16.1 Å². The molecule has 0 unspecified atom stereocenters. The molecule has 20 heavy (non-hydrogen) atoms. The second kappa shape index (κ2) is 7.52. The van der Waals surface area contributed by atoms with E-state index < -0.39 is 0 Å². The highest BCUT2D eigenvalue weighted by Gasteiger charge is 2.04. The van der Waals surface area contributed by atoms with Crippen molar-refractivity contribution in [1.29, 1.82) is 0 Å². The molecule has 1 aromatic carbocycles. The Balaban J connectivity index is 0.000000217. The highest BCUT2D eigenvalue weighted by Crippen LogP contribution is 2.22. The lowest BCUT2D eigenvalue weighted by atomic mass is 10.1. The third-order valence-electron chi connectivity index (χ3n) is 2.37. The van der Waals surface area contributed by atoms with Crippen LogP contribution in [-0.2, 0) is 0 Å². The zero-order valence-electron chi connectivity index (χ0n) is 10.9. The van der Waals surface area contributed by atoms with E-state index in [1.807, 2.05) is 0 Å². The van der Waals surface area contributed by atoms with Crippen molar-refractivity contribution < 1.29 is 15.0 Å². The Hall–Kier alpha value is -2.89. The second-order valence-electron chi connectivity index (χ2n) is 3.79. The van der Waals surface area contributed by atoms with E-state index in [0.717, 1.165) is 6.29 Å². The number of aromatic nitrogens is 1. The first kappa shape index (κ1) is 15.2. The Morgan fingerprint density at radius 3 is 2.50 bits per heavy atom.